The number of benzene rings is 1. The molecule has 26 heavy (non-hydrogen) atoms. The number of aromatic nitrogens is 4. The smallest absolute Gasteiger partial charge is 0.266 e. The quantitative estimate of drug-likeness (QED) is 0.752. The Kier molecular flexibility index (Phi) is 4.08. The summed E-state index contributed by atoms with van der Waals surface area (Å²) in [6.07, 6.45) is 1.39. The van der Waals surface area contributed by atoms with E-state index in [0.717, 1.165) is 11.4 Å². The van der Waals surface area contributed by atoms with Crippen LogP contribution in [0.4, 0.5) is 0 Å². The molecule has 0 aliphatic carbocycles. The monoisotopic (exact) mass is 369 g/mol. The van der Waals surface area contributed by atoms with Gasteiger partial charge < -0.3 is 9.88 Å². The molecule has 2 aromatic heterocycles. The first-order valence-corrected chi connectivity index (χ1v) is 8.62. The number of amides is 1. The van der Waals surface area contributed by atoms with E-state index in [-0.39, 0.29) is 17.0 Å². The SMILES string of the molecule is C[C@H]1c2nc(-c3ccccc3)nn2CCN1C(=O)c1c[nH]c(=O)c(Cl)c1. The molecule has 7 nitrogen and oxygen atoms in total. The van der Waals surface area contributed by atoms with Crippen molar-refractivity contribution in [2.75, 3.05) is 6.54 Å². The molecule has 4 rings (SSSR count). The molecule has 0 spiro atoms. The number of hydrogen-bond acceptors (Lipinski definition) is 4. The number of pyridine rings is 1. The van der Waals surface area contributed by atoms with Crippen molar-refractivity contribution in [1.29, 1.82) is 0 Å². The standard InChI is InChI=1S/C18H16ClN5O2/c1-11-16-21-15(12-5-3-2-4-6-12)22-24(16)8-7-23(11)18(26)13-9-14(19)17(25)20-10-13/h2-6,9-11H,7-8H2,1H3,(H,20,25)/t11-/m0/s1. The summed E-state index contributed by atoms with van der Waals surface area (Å²) in [7, 11) is 0. The predicted molar refractivity (Wildman–Crippen MR) is 97.0 cm³/mol. The van der Waals surface area contributed by atoms with Crippen LogP contribution in [0, 0.1) is 0 Å². The number of carbonyl (C=O) groups excluding carboxylic acids is 1. The summed E-state index contributed by atoms with van der Waals surface area (Å²) in [5.41, 5.74) is 0.867. The Balaban J connectivity index is 1.64. The summed E-state index contributed by atoms with van der Waals surface area (Å²) in [6.45, 7) is 2.98. The molecule has 0 fully saturated rings. The van der Waals surface area contributed by atoms with Crippen LogP contribution in [0.1, 0.15) is 29.1 Å². The Bertz CT molecular complexity index is 1030. The lowest BCUT2D eigenvalue weighted by Gasteiger charge is -2.32. The third kappa shape index (κ3) is 2.80. The van der Waals surface area contributed by atoms with Gasteiger partial charge in [0.15, 0.2) is 5.82 Å². The van der Waals surface area contributed by atoms with Crippen LogP contribution >= 0.6 is 11.6 Å². The van der Waals surface area contributed by atoms with Gasteiger partial charge in [-0.05, 0) is 13.0 Å². The Labute approximate surface area is 154 Å². The molecule has 0 radical (unpaired) electrons. The van der Waals surface area contributed by atoms with Gasteiger partial charge in [0.2, 0.25) is 0 Å². The minimum atomic E-state index is -0.415. The zero-order valence-electron chi connectivity index (χ0n) is 14.0. The number of H-pyrrole nitrogens is 1. The minimum absolute atomic E-state index is 0.00459. The molecular weight excluding hydrogens is 354 g/mol. The zero-order chi connectivity index (χ0) is 18.3. The number of rotatable bonds is 2. The van der Waals surface area contributed by atoms with Gasteiger partial charge in [-0.25, -0.2) is 9.67 Å². The molecule has 1 atom stereocenters. The lowest BCUT2D eigenvalue weighted by Crippen LogP contribution is -2.41. The van der Waals surface area contributed by atoms with Crippen molar-refractivity contribution in [1.82, 2.24) is 24.6 Å². The number of nitrogens with zero attached hydrogens (tertiary/aromatic N) is 4. The van der Waals surface area contributed by atoms with E-state index >= 15 is 0 Å². The van der Waals surface area contributed by atoms with Gasteiger partial charge in [-0.2, -0.15) is 5.10 Å². The maximum Gasteiger partial charge on any atom is 0.266 e. The molecule has 132 valence electrons. The predicted octanol–water partition coefficient (Wildman–Crippen LogP) is 2.50. The molecule has 1 aromatic carbocycles. The molecule has 8 heteroatoms. The van der Waals surface area contributed by atoms with E-state index in [9.17, 15) is 9.59 Å². The van der Waals surface area contributed by atoms with E-state index < -0.39 is 5.56 Å². The first-order chi connectivity index (χ1) is 12.5. The van der Waals surface area contributed by atoms with Gasteiger partial charge in [-0.3, -0.25) is 9.59 Å². The van der Waals surface area contributed by atoms with Gasteiger partial charge in [0.1, 0.15) is 10.8 Å². The van der Waals surface area contributed by atoms with E-state index in [1.807, 2.05) is 41.9 Å². The van der Waals surface area contributed by atoms with Crippen molar-refractivity contribution in [3.05, 3.63) is 69.4 Å². The third-order valence-corrected chi connectivity index (χ3v) is 4.77. The van der Waals surface area contributed by atoms with Crippen molar-refractivity contribution >= 4 is 17.5 Å². The highest BCUT2D eigenvalue weighted by molar-refractivity contribution is 6.30. The molecule has 0 saturated carbocycles. The van der Waals surface area contributed by atoms with Crippen LogP contribution in [0.25, 0.3) is 11.4 Å². The highest BCUT2D eigenvalue weighted by atomic mass is 35.5. The van der Waals surface area contributed by atoms with Gasteiger partial charge in [-0.15, -0.1) is 0 Å². The van der Waals surface area contributed by atoms with Crippen LogP contribution in [-0.4, -0.2) is 37.1 Å². The lowest BCUT2D eigenvalue weighted by molar-refractivity contribution is 0.0630. The van der Waals surface area contributed by atoms with Crippen LogP contribution in [0.2, 0.25) is 5.02 Å². The molecular formula is C18H16ClN5O2. The third-order valence-electron chi connectivity index (χ3n) is 4.49. The van der Waals surface area contributed by atoms with Crippen molar-refractivity contribution in [2.45, 2.75) is 19.5 Å². The van der Waals surface area contributed by atoms with Gasteiger partial charge >= 0.3 is 0 Å². The molecule has 0 bridgehead atoms. The summed E-state index contributed by atoms with van der Waals surface area (Å²) in [6, 6.07) is 10.9. The van der Waals surface area contributed by atoms with Gasteiger partial charge in [0.25, 0.3) is 11.5 Å². The van der Waals surface area contributed by atoms with Crippen LogP contribution in [0.15, 0.2) is 47.4 Å². The molecule has 0 saturated heterocycles. The van der Waals surface area contributed by atoms with Crippen LogP contribution < -0.4 is 5.56 Å². The van der Waals surface area contributed by atoms with Crippen LogP contribution in [0.3, 0.4) is 0 Å². The highest BCUT2D eigenvalue weighted by Crippen LogP contribution is 2.27. The largest absolute Gasteiger partial charge is 0.327 e. The summed E-state index contributed by atoms with van der Waals surface area (Å²) in [5.74, 6) is 1.18. The molecule has 3 heterocycles. The Hall–Kier alpha value is -2.93. The maximum absolute atomic E-state index is 12.8. The van der Waals surface area contributed by atoms with Crippen LogP contribution in [0.5, 0.6) is 0 Å². The lowest BCUT2D eigenvalue weighted by atomic mass is 10.1. The van der Waals surface area contributed by atoms with E-state index in [2.05, 4.69) is 15.1 Å². The molecule has 3 aromatic rings. The van der Waals surface area contributed by atoms with Gasteiger partial charge in [0.05, 0.1) is 18.2 Å². The fourth-order valence-corrected chi connectivity index (χ4v) is 3.27. The zero-order valence-corrected chi connectivity index (χ0v) is 14.8. The first-order valence-electron chi connectivity index (χ1n) is 8.24. The summed E-state index contributed by atoms with van der Waals surface area (Å²) in [5, 5.41) is 4.56. The van der Waals surface area contributed by atoms with Gasteiger partial charge in [0, 0.05) is 18.3 Å². The second kappa shape index (κ2) is 6.42. The molecule has 1 amide bonds. The average molecular weight is 370 g/mol. The van der Waals surface area contributed by atoms with Gasteiger partial charge in [-0.1, -0.05) is 41.9 Å². The molecule has 1 N–H and O–H groups in total. The number of fused-ring (bicyclic) bond motifs is 1. The summed E-state index contributed by atoms with van der Waals surface area (Å²) in [4.78, 5) is 33.1. The van der Waals surface area contributed by atoms with Crippen molar-refractivity contribution in [3.8, 4) is 11.4 Å². The number of nitrogens with one attached hydrogen (secondary N) is 1. The first kappa shape index (κ1) is 16.5. The van der Waals surface area contributed by atoms with E-state index in [1.54, 1.807) is 4.90 Å². The summed E-state index contributed by atoms with van der Waals surface area (Å²) >= 11 is 5.84. The number of hydrogen-bond donors (Lipinski definition) is 1. The number of halogens is 1. The second-order valence-corrected chi connectivity index (χ2v) is 6.53. The van der Waals surface area contributed by atoms with E-state index in [1.165, 1.54) is 12.3 Å². The fourth-order valence-electron chi connectivity index (χ4n) is 3.10. The Morgan fingerprint density at radius 2 is 2.04 bits per heavy atom. The minimum Gasteiger partial charge on any atom is -0.327 e. The number of aromatic amines is 1. The number of carbonyl (C=O) groups is 1. The molecule has 1 aliphatic rings. The van der Waals surface area contributed by atoms with Crippen molar-refractivity contribution < 1.29 is 4.79 Å². The Morgan fingerprint density at radius 1 is 1.27 bits per heavy atom. The molecule has 1 aliphatic heterocycles. The normalized spacial score (nSPS) is 16.4. The van der Waals surface area contributed by atoms with Crippen molar-refractivity contribution in [2.24, 2.45) is 0 Å². The fraction of sp³-hybridized carbons (Fsp3) is 0.222. The summed E-state index contributed by atoms with van der Waals surface area (Å²) < 4.78 is 1.84. The van der Waals surface area contributed by atoms with E-state index in [0.29, 0.717) is 24.5 Å². The highest BCUT2D eigenvalue weighted by Gasteiger charge is 2.31. The van der Waals surface area contributed by atoms with E-state index in [4.69, 9.17) is 11.6 Å². The van der Waals surface area contributed by atoms with Crippen LogP contribution in [-0.2, 0) is 6.54 Å². The second-order valence-electron chi connectivity index (χ2n) is 6.12. The molecule has 0 unspecified atom stereocenters. The van der Waals surface area contributed by atoms with Crippen molar-refractivity contribution in [3.63, 3.8) is 0 Å². The topological polar surface area (TPSA) is 83.9 Å². The average Bonchev–Trinajstić information content (AvgIpc) is 3.10. The maximum atomic E-state index is 12.8. The Morgan fingerprint density at radius 3 is 2.77 bits per heavy atom.